The van der Waals surface area contributed by atoms with Crippen molar-refractivity contribution < 1.29 is 9.90 Å². The van der Waals surface area contributed by atoms with Gasteiger partial charge in [0.05, 0.1) is 5.60 Å². The molecule has 0 saturated carbocycles. The van der Waals surface area contributed by atoms with E-state index in [2.05, 4.69) is 0 Å². The Bertz CT molecular complexity index is 484. The van der Waals surface area contributed by atoms with Gasteiger partial charge in [-0.3, -0.25) is 4.79 Å². The molecular formula is C17H26N2O2. The lowest BCUT2D eigenvalue weighted by Gasteiger charge is -2.30. The molecule has 1 aliphatic heterocycles. The van der Waals surface area contributed by atoms with E-state index in [0.29, 0.717) is 19.5 Å². The van der Waals surface area contributed by atoms with Gasteiger partial charge in [0.25, 0.3) is 5.91 Å². The van der Waals surface area contributed by atoms with Crippen LogP contribution in [0.25, 0.3) is 0 Å². The molecule has 1 saturated heterocycles. The monoisotopic (exact) mass is 290 g/mol. The van der Waals surface area contributed by atoms with Gasteiger partial charge < -0.3 is 14.9 Å². The second-order valence-corrected chi connectivity index (χ2v) is 6.47. The standard InChI is InChI=1S/C17H26N2O2/c1-14-5-7-15(8-6-14)16(20)19-11-4-9-17(21,10-12-19)13-18(2)3/h5-8,21H,4,9-13H2,1-3H3. The molecule has 1 fully saturated rings. The summed E-state index contributed by atoms with van der Waals surface area (Å²) in [6, 6.07) is 7.70. The molecule has 4 heteroatoms. The van der Waals surface area contributed by atoms with Gasteiger partial charge in [0.2, 0.25) is 0 Å². The van der Waals surface area contributed by atoms with Crippen LogP contribution in [0.1, 0.15) is 35.2 Å². The van der Waals surface area contributed by atoms with E-state index in [1.165, 1.54) is 0 Å². The number of aliphatic hydroxyl groups is 1. The average Bonchev–Trinajstić information content (AvgIpc) is 2.60. The third-order valence-corrected chi connectivity index (χ3v) is 4.11. The number of rotatable bonds is 3. The summed E-state index contributed by atoms with van der Waals surface area (Å²) in [7, 11) is 3.94. The van der Waals surface area contributed by atoms with E-state index >= 15 is 0 Å². The average molecular weight is 290 g/mol. The second-order valence-electron chi connectivity index (χ2n) is 6.47. The Labute approximate surface area is 127 Å². The maximum atomic E-state index is 12.5. The zero-order valence-corrected chi connectivity index (χ0v) is 13.3. The number of amides is 1. The van der Waals surface area contributed by atoms with Crippen molar-refractivity contribution in [3.63, 3.8) is 0 Å². The van der Waals surface area contributed by atoms with E-state index in [4.69, 9.17) is 0 Å². The quantitative estimate of drug-likeness (QED) is 0.925. The number of nitrogens with zero attached hydrogens (tertiary/aromatic N) is 2. The van der Waals surface area contributed by atoms with E-state index < -0.39 is 5.60 Å². The molecule has 0 bridgehead atoms. The fraction of sp³-hybridized carbons (Fsp3) is 0.588. The van der Waals surface area contributed by atoms with Gasteiger partial charge in [-0.05, 0) is 52.4 Å². The molecule has 0 aromatic heterocycles. The van der Waals surface area contributed by atoms with Gasteiger partial charge in [0.15, 0.2) is 0 Å². The molecule has 1 aliphatic rings. The van der Waals surface area contributed by atoms with E-state index in [1.807, 2.05) is 55.1 Å². The van der Waals surface area contributed by atoms with Crippen molar-refractivity contribution in [2.45, 2.75) is 31.8 Å². The fourth-order valence-corrected chi connectivity index (χ4v) is 3.01. The maximum Gasteiger partial charge on any atom is 0.253 e. The molecule has 0 aliphatic carbocycles. The number of likely N-dealkylation sites (tertiary alicyclic amines) is 1. The summed E-state index contributed by atoms with van der Waals surface area (Å²) in [5.74, 6) is 0.0732. The number of hydrogen-bond donors (Lipinski definition) is 1. The Morgan fingerprint density at radius 2 is 1.90 bits per heavy atom. The highest BCUT2D eigenvalue weighted by Crippen LogP contribution is 2.24. The normalized spacial score (nSPS) is 23.2. The largest absolute Gasteiger partial charge is 0.388 e. The second kappa shape index (κ2) is 6.58. The van der Waals surface area contributed by atoms with Crippen LogP contribution in [0.5, 0.6) is 0 Å². The first-order chi connectivity index (χ1) is 9.89. The van der Waals surface area contributed by atoms with Crippen LogP contribution >= 0.6 is 0 Å². The molecule has 1 atom stereocenters. The van der Waals surface area contributed by atoms with Crippen molar-refractivity contribution in [1.29, 1.82) is 0 Å². The topological polar surface area (TPSA) is 43.8 Å². The highest BCUT2D eigenvalue weighted by molar-refractivity contribution is 5.94. The third kappa shape index (κ3) is 4.29. The molecule has 1 aromatic rings. The van der Waals surface area contributed by atoms with Crippen molar-refractivity contribution in [2.24, 2.45) is 0 Å². The Morgan fingerprint density at radius 1 is 1.24 bits per heavy atom. The smallest absolute Gasteiger partial charge is 0.253 e. The predicted molar refractivity (Wildman–Crippen MR) is 84.4 cm³/mol. The summed E-state index contributed by atoms with van der Waals surface area (Å²) in [6.45, 7) is 4.01. The van der Waals surface area contributed by atoms with Crippen molar-refractivity contribution >= 4 is 5.91 Å². The first-order valence-electron chi connectivity index (χ1n) is 7.63. The van der Waals surface area contributed by atoms with Crippen LogP contribution in [0.3, 0.4) is 0 Å². The molecule has 2 rings (SSSR count). The number of benzene rings is 1. The molecule has 1 amide bonds. The number of aryl methyl sites for hydroxylation is 1. The van der Waals surface area contributed by atoms with Crippen LogP contribution < -0.4 is 0 Å². The molecule has 1 unspecified atom stereocenters. The Morgan fingerprint density at radius 3 is 2.52 bits per heavy atom. The minimum Gasteiger partial charge on any atom is -0.388 e. The zero-order valence-electron chi connectivity index (χ0n) is 13.3. The Kier molecular flexibility index (Phi) is 5.01. The number of likely N-dealkylation sites (N-methyl/N-ethyl adjacent to an activating group) is 1. The van der Waals surface area contributed by atoms with Crippen LogP contribution in [0.2, 0.25) is 0 Å². The van der Waals surface area contributed by atoms with Crippen LogP contribution in [0, 0.1) is 6.92 Å². The molecule has 4 nitrogen and oxygen atoms in total. The number of carbonyl (C=O) groups excluding carboxylic acids is 1. The molecule has 1 N–H and O–H groups in total. The highest BCUT2D eigenvalue weighted by atomic mass is 16.3. The summed E-state index contributed by atoms with van der Waals surface area (Å²) in [5.41, 5.74) is 1.22. The number of carbonyl (C=O) groups is 1. The van der Waals surface area contributed by atoms with Gasteiger partial charge in [-0.1, -0.05) is 17.7 Å². The first kappa shape index (κ1) is 16.0. The molecule has 0 radical (unpaired) electrons. The van der Waals surface area contributed by atoms with Gasteiger partial charge in [0.1, 0.15) is 0 Å². The summed E-state index contributed by atoms with van der Waals surface area (Å²) >= 11 is 0. The van der Waals surface area contributed by atoms with Crippen molar-refractivity contribution in [3.8, 4) is 0 Å². The zero-order chi connectivity index (χ0) is 15.5. The minimum absolute atomic E-state index is 0.0732. The van der Waals surface area contributed by atoms with Crippen molar-refractivity contribution in [1.82, 2.24) is 9.80 Å². The van der Waals surface area contributed by atoms with Crippen molar-refractivity contribution in [2.75, 3.05) is 33.7 Å². The van der Waals surface area contributed by atoms with E-state index in [0.717, 1.165) is 30.5 Å². The predicted octanol–water partition coefficient (Wildman–Crippen LogP) is 1.91. The molecule has 1 heterocycles. The van der Waals surface area contributed by atoms with Gasteiger partial charge >= 0.3 is 0 Å². The minimum atomic E-state index is -0.675. The maximum absolute atomic E-state index is 12.5. The Balaban J connectivity index is 2.02. The van der Waals surface area contributed by atoms with E-state index in [1.54, 1.807) is 0 Å². The van der Waals surface area contributed by atoms with Gasteiger partial charge in [-0.25, -0.2) is 0 Å². The first-order valence-corrected chi connectivity index (χ1v) is 7.63. The molecular weight excluding hydrogens is 264 g/mol. The number of hydrogen-bond acceptors (Lipinski definition) is 3. The summed E-state index contributed by atoms with van der Waals surface area (Å²) in [4.78, 5) is 16.4. The fourth-order valence-electron chi connectivity index (χ4n) is 3.01. The van der Waals surface area contributed by atoms with Crippen LogP contribution in [-0.2, 0) is 0 Å². The lowest BCUT2D eigenvalue weighted by atomic mass is 9.94. The van der Waals surface area contributed by atoms with Crippen LogP contribution in [-0.4, -0.2) is 60.1 Å². The third-order valence-electron chi connectivity index (χ3n) is 4.11. The summed E-state index contributed by atoms with van der Waals surface area (Å²) in [5, 5.41) is 10.6. The highest BCUT2D eigenvalue weighted by Gasteiger charge is 2.32. The van der Waals surface area contributed by atoms with E-state index in [-0.39, 0.29) is 5.91 Å². The van der Waals surface area contributed by atoms with Crippen molar-refractivity contribution in [3.05, 3.63) is 35.4 Å². The lowest BCUT2D eigenvalue weighted by Crippen LogP contribution is -2.41. The van der Waals surface area contributed by atoms with Gasteiger partial charge in [0, 0.05) is 25.2 Å². The summed E-state index contributed by atoms with van der Waals surface area (Å²) < 4.78 is 0. The SMILES string of the molecule is Cc1ccc(C(=O)N2CCCC(O)(CN(C)C)CC2)cc1. The molecule has 21 heavy (non-hydrogen) atoms. The molecule has 116 valence electrons. The van der Waals surface area contributed by atoms with Gasteiger partial charge in [-0.15, -0.1) is 0 Å². The molecule has 1 aromatic carbocycles. The Hall–Kier alpha value is -1.39. The van der Waals surface area contributed by atoms with Crippen LogP contribution in [0.4, 0.5) is 0 Å². The van der Waals surface area contributed by atoms with Gasteiger partial charge in [-0.2, -0.15) is 0 Å². The molecule has 0 spiro atoms. The summed E-state index contributed by atoms with van der Waals surface area (Å²) in [6.07, 6.45) is 2.24. The van der Waals surface area contributed by atoms with E-state index in [9.17, 15) is 9.90 Å². The van der Waals surface area contributed by atoms with Crippen LogP contribution in [0.15, 0.2) is 24.3 Å². The lowest BCUT2D eigenvalue weighted by molar-refractivity contribution is 0.00305.